The van der Waals surface area contributed by atoms with Crippen molar-refractivity contribution in [3.63, 3.8) is 0 Å². The molecule has 0 bridgehead atoms. The molecule has 3 aliphatic rings. The highest BCUT2D eigenvalue weighted by Crippen LogP contribution is 2.79. The van der Waals surface area contributed by atoms with Gasteiger partial charge in [0, 0.05) is 5.92 Å². The number of fused-ring (bicyclic) bond motifs is 2. The minimum atomic E-state index is -1.38. The van der Waals surface area contributed by atoms with Gasteiger partial charge in [-0.3, -0.25) is 5.73 Å². The van der Waals surface area contributed by atoms with Gasteiger partial charge >= 0.3 is 5.91 Å². The average molecular weight is 325 g/mol. The predicted octanol–water partition coefficient (Wildman–Crippen LogP) is -0.647. The number of nitrogens with one attached hydrogen (secondary N) is 1. The van der Waals surface area contributed by atoms with Gasteiger partial charge in [-0.1, -0.05) is 12.1 Å². The Labute approximate surface area is 139 Å². The van der Waals surface area contributed by atoms with Crippen molar-refractivity contribution in [1.29, 1.82) is 10.5 Å². The van der Waals surface area contributed by atoms with Gasteiger partial charge in [0.25, 0.3) is 5.84 Å². The third-order valence-corrected chi connectivity index (χ3v) is 5.34. The summed E-state index contributed by atoms with van der Waals surface area (Å²) in [5.74, 6) is -0.891. The molecule has 5 atom stereocenters. The van der Waals surface area contributed by atoms with Crippen LogP contribution in [0.1, 0.15) is 18.4 Å². The number of amidine groups is 1. The second kappa shape index (κ2) is 4.47. The number of rotatable bonds is 2. The quantitative estimate of drug-likeness (QED) is 0.747. The van der Waals surface area contributed by atoms with Crippen LogP contribution in [0.5, 0.6) is 5.75 Å². The molecule has 2 heterocycles. The molecular formula is C17H17N4O3+. The van der Waals surface area contributed by atoms with Gasteiger partial charge in [-0.2, -0.15) is 10.5 Å². The van der Waals surface area contributed by atoms with Gasteiger partial charge in [0.15, 0.2) is 10.8 Å². The lowest BCUT2D eigenvalue weighted by Crippen LogP contribution is -2.90. The summed E-state index contributed by atoms with van der Waals surface area (Å²) in [4.78, 5) is 2.95. The van der Waals surface area contributed by atoms with Crippen molar-refractivity contribution in [1.82, 2.24) is 0 Å². The fourth-order valence-corrected chi connectivity index (χ4v) is 4.26. The fraction of sp³-hybridized carbons (Fsp3) is 0.471. The number of methoxy groups -OCH3 is 1. The van der Waals surface area contributed by atoms with Crippen LogP contribution in [0.15, 0.2) is 24.3 Å². The number of benzene rings is 1. The van der Waals surface area contributed by atoms with Crippen molar-refractivity contribution in [3.8, 4) is 17.9 Å². The molecule has 122 valence electrons. The molecule has 3 N–H and O–H groups in total. The van der Waals surface area contributed by atoms with E-state index in [9.17, 15) is 10.5 Å². The van der Waals surface area contributed by atoms with Gasteiger partial charge < -0.3 is 14.2 Å². The Balaban J connectivity index is 1.87. The highest BCUT2D eigenvalue weighted by atomic mass is 16.8. The maximum Gasteiger partial charge on any atom is 0.343 e. The number of nitriles is 2. The molecule has 1 saturated heterocycles. The predicted molar refractivity (Wildman–Crippen MR) is 81.2 cm³/mol. The Morgan fingerprint density at radius 2 is 2.00 bits per heavy atom. The van der Waals surface area contributed by atoms with Gasteiger partial charge in [-0.05, 0) is 24.6 Å². The van der Waals surface area contributed by atoms with Gasteiger partial charge in [0.05, 0.1) is 32.0 Å². The van der Waals surface area contributed by atoms with Gasteiger partial charge in [0.2, 0.25) is 0 Å². The molecule has 0 aromatic heterocycles. The Bertz CT molecular complexity index is 824. The van der Waals surface area contributed by atoms with E-state index in [1.54, 1.807) is 19.2 Å². The van der Waals surface area contributed by atoms with E-state index in [4.69, 9.17) is 19.9 Å². The maximum absolute atomic E-state index is 10.0. The van der Waals surface area contributed by atoms with Crippen LogP contribution in [0.4, 0.5) is 0 Å². The van der Waals surface area contributed by atoms with Crippen LogP contribution in [-0.2, 0) is 9.47 Å². The number of hydrogen-bond acceptors (Lipinski definition) is 6. The molecule has 0 amide bonds. The Hall–Kier alpha value is -2.61. The molecule has 1 aliphatic carbocycles. The van der Waals surface area contributed by atoms with Crippen LogP contribution in [0.25, 0.3) is 0 Å². The van der Waals surface area contributed by atoms with Crippen LogP contribution >= 0.6 is 0 Å². The van der Waals surface area contributed by atoms with Gasteiger partial charge in [-0.15, -0.1) is 0 Å². The first-order chi connectivity index (χ1) is 11.5. The largest absolute Gasteiger partial charge is 0.497 e. The average Bonchev–Trinajstić information content (AvgIpc) is 2.99. The Kier molecular flexibility index (Phi) is 2.79. The standard InChI is InChI=1S/C17H16N4O3/c1-10-7-23-17(24-10)16(9-19)13(15(16,8-18)14(20)21-17)11-3-5-12(22-2)6-4-11/h3-6,10,13H,7H2,1-2H3,(H2,20,21)/p+1/t10-,13-,15-,16-,17+/m1/s1. The SMILES string of the molecule is COc1ccc([C@H]2[C@@]3(C#N)[C@]4([NH+]=C(N)[C@@]23C#N)OC[C@@H](C)O4)cc1. The van der Waals surface area contributed by atoms with Crippen molar-refractivity contribution in [2.24, 2.45) is 16.6 Å². The van der Waals surface area contributed by atoms with Crippen molar-refractivity contribution in [2.45, 2.75) is 24.9 Å². The summed E-state index contributed by atoms with van der Waals surface area (Å²) in [5.41, 5.74) is 4.58. The van der Waals surface area contributed by atoms with Crippen LogP contribution in [-0.4, -0.2) is 31.6 Å². The molecule has 1 aromatic rings. The molecule has 2 aliphatic heterocycles. The van der Waals surface area contributed by atoms with Crippen molar-refractivity contribution < 1.29 is 19.2 Å². The minimum absolute atomic E-state index is 0.192. The molecule has 24 heavy (non-hydrogen) atoms. The zero-order valence-corrected chi connectivity index (χ0v) is 13.4. The highest BCUT2D eigenvalue weighted by Gasteiger charge is 2.97. The van der Waals surface area contributed by atoms with Crippen LogP contribution < -0.4 is 15.5 Å². The lowest BCUT2D eigenvalue weighted by Gasteiger charge is -2.24. The summed E-state index contributed by atoms with van der Waals surface area (Å²) < 4.78 is 16.9. The van der Waals surface area contributed by atoms with Crippen LogP contribution in [0, 0.1) is 33.5 Å². The van der Waals surface area contributed by atoms with E-state index in [0.29, 0.717) is 12.4 Å². The normalized spacial score (nSPS) is 42.1. The summed E-state index contributed by atoms with van der Waals surface area (Å²) in [6, 6.07) is 11.9. The molecule has 4 rings (SSSR count). The van der Waals surface area contributed by atoms with E-state index in [-0.39, 0.29) is 11.9 Å². The lowest BCUT2D eigenvalue weighted by molar-refractivity contribution is -0.677. The maximum atomic E-state index is 10.0. The second-order valence-electron chi connectivity index (χ2n) is 6.44. The van der Waals surface area contributed by atoms with Crippen LogP contribution in [0.3, 0.4) is 0 Å². The third-order valence-electron chi connectivity index (χ3n) is 5.34. The number of nitrogens with two attached hydrogens (primary N) is 1. The molecule has 7 nitrogen and oxygen atoms in total. The smallest absolute Gasteiger partial charge is 0.343 e. The van der Waals surface area contributed by atoms with Gasteiger partial charge in [-0.25, -0.2) is 4.99 Å². The first-order valence-electron chi connectivity index (χ1n) is 7.70. The second-order valence-corrected chi connectivity index (χ2v) is 6.44. The molecule has 2 fully saturated rings. The third kappa shape index (κ3) is 1.36. The van der Waals surface area contributed by atoms with Crippen LogP contribution in [0.2, 0.25) is 0 Å². The molecule has 0 radical (unpaired) electrons. The first kappa shape index (κ1) is 14.9. The van der Waals surface area contributed by atoms with E-state index >= 15 is 0 Å². The fourth-order valence-electron chi connectivity index (χ4n) is 4.26. The first-order valence-corrected chi connectivity index (χ1v) is 7.70. The minimum Gasteiger partial charge on any atom is -0.497 e. The van der Waals surface area contributed by atoms with Gasteiger partial charge in [0.1, 0.15) is 5.75 Å². The summed E-state index contributed by atoms with van der Waals surface area (Å²) >= 11 is 0. The molecule has 7 heteroatoms. The van der Waals surface area contributed by atoms with E-state index in [2.05, 4.69) is 17.1 Å². The Morgan fingerprint density at radius 1 is 1.29 bits per heavy atom. The summed E-state index contributed by atoms with van der Waals surface area (Å²) in [6.07, 6.45) is -0.192. The summed E-state index contributed by atoms with van der Waals surface area (Å²) in [5, 5.41) is 19.9. The molecular weight excluding hydrogens is 308 g/mol. The molecule has 0 unspecified atom stereocenters. The monoisotopic (exact) mass is 325 g/mol. The number of hydrogen-bond donors (Lipinski definition) is 2. The Morgan fingerprint density at radius 3 is 2.50 bits per heavy atom. The highest BCUT2D eigenvalue weighted by molar-refractivity contribution is 5.95. The summed E-state index contributed by atoms with van der Waals surface area (Å²) in [7, 11) is 1.58. The lowest BCUT2D eigenvalue weighted by atomic mass is 9.94. The topological polar surface area (TPSA) is 115 Å². The molecule has 1 saturated carbocycles. The zero-order chi connectivity index (χ0) is 17.2. The number of ether oxygens (including phenoxy) is 3. The molecule has 1 aromatic carbocycles. The van der Waals surface area contributed by atoms with Crippen molar-refractivity contribution >= 4 is 5.84 Å². The van der Waals surface area contributed by atoms with E-state index in [1.165, 1.54) is 0 Å². The van der Waals surface area contributed by atoms with Crippen molar-refractivity contribution in [3.05, 3.63) is 29.8 Å². The summed E-state index contributed by atoms with van der Waals surface area (Å²) in [6.45, 7) is 2.19. The van der Waals surface area contributed by atoms with Crippen molar-refractivity contribution in [2.75, 3.05) is 13.7 Å². The molecule has 1 spiro atoms. The van der Waals surface area contributed by atoms with E-state index in [1.807, 2.05) is 19.1 Å². The van der Waals surface area contributed by atoms with E-state index in [0.717, 1.165) is 5.56 Å². The zero-order valence-electron chi connectivity index (χ0n) is 13.4. The number of nitrogens with zero attached hydrogens (tertiary/aromatic N) is 2. The van der Waals surface area contributed by atoms with E-state index < -0.39 is 22.7 Å².